The van der Waals surface area contributed by atoms with Gasteiger partial charge in [0, 0.05) is 18.7 Å². The predicted molar refractivity (Wildman–Crippen MR) is 129 cm³/mol. The van der Waals surface area contributed by atoms with Gasteiger partial charge in [-0.2, -0.15) is 4.31 Å². The Bertz CT molecular complexity index is 1250. The van der Waals surface area contributed by atoms with Gasteiger partial charge < -0.3 is 10.6 Å². The van der Waals surface area contributed by atoms with Crippen LogP contribution < -0.4 is 10.6 Å². The van der Waals surface area contributed by atoms with E-state index in [1.807, 2.05) is 30.3 Å². The fraction of sp³-hybridized carbons (Fsp3) is 0.200. The summed E-state index contributed by atoms with van der Waals surface area (Å²) in [5, 5.41) is 5.43. The normalized spacial score (nSPS) is 11.3. The molecule has 0 heterocycles. The standard InChI is InChI=1S/C25H26FN3O4S/c1-34(32,33)29(17-20-11-5-7-13-22(20)26)18-24(30)28-23-14-8-6-12-21(23)25(31)27-16-15-19-9-3-2-4-10-19/h2-14H,15-18H2,1H3,(H,27,31)(H,28,30). The molecule has 0 saturated carbocycles. The van der Waals surface area contributed by atoms with Gasteiger partial charge in [-0.05, 0) is 30.2 Å². The number of anilines is 1. The number of halogens is 1. The highest BCUT2D eigenvalue weighted by Crippen LogP contribution is 2.17. The molecule has 0 fully saturated rings. The van der Waals surface area contributed by atoms with Crippen LogP contribution in [0.2, 0.25) is 0 Å². The van der Waals surface area contributed by atoms with E-state index in [0.717, 1.165) is 16.1 Å². The van der Waals surface area contributed by atoms with Crippen molar-refractivity contribution in [3.63, 3.8) is 0 Å². The lowest BCUT2D eigenvalue weighted by molar-refractivity contribution is -0.116. The molecule has 0 aliphatic heterocycles. The molecule has 0 radical (unpaired) electrons. The van der Waals surface area contributed by atoms with E-state index in [1.54, 1.807) is 30.3 Å². The van der Waals surface area contributed by atoms with Gasteiger partial charge in [-0.3, -0.25) is 9.59 Å². The molecule has 9 heteroatoms. The summed E-state index contributed by atoms with van der Waals surface area (Å²) in [5.74, 6) is -1.57. The SMILES string of the molecule is CS(=O)(=O)N(CC(=O)Nc1ccccc1C(=O)NCCc1ccccc1)Cc1ccccc1F. The van der Waals surface area contributed by atoms with Crippen LogP contribution in [0.1, 0.15) is 21.5 Å². The molecule has 0 unspecified atom stereocenters. The van der Waals surface area contributed by atoms with Crippen molar-refractivity contribution in [1.29, 1.82) is 0 Å². The minimum Gasteiger partial charge on any atom is -0.352 e. The first kappa shape index (κ1) is 25.1. The van der Waals surface area contributed by atoms with Gasteiger partial charge in [0.25, 0.3) is 5.91 Å². The molecule has 0 aliphatic carbocycles. The third kappa shape index (κ3) is 7.23. The number of amides is 2. The average molecular weight is 484 g/mol. The molecular weight excluding hydrogens is 457 g/mol. The zero-order chi connectivity index (χ0) is 24.6. The molecule has 3 aromatic rings. The van der Waals surface area contributed by atoms with Gasteiger partial charge in [0.1, 0.15) is 5.82 Å². The fourth-order valence-electron chi connectivity index (χ4n) is 3.31. The molecule has 3 aromatic carbocycles. The largest absolute Gasteiger partial charge is 0.352 e. The molecule has 0 bridgehead atoms. The second-order valence-electron chi connectivity index (χ2n) is 7.71. The molecule has 178 valence electrons. The first-order chi connectivity index (χ1) is 16.2. The van der Waals surface area contributed by atoms with Gasteiger partial charge in [-0.15, -0.1) is 0 Å². The van der Waals surface area contributed by atoms with Crippen LogP contribution in [0.25, 0.3) is 0 Å². The highest BCUT2D eigenvalue weighted by molar-refractivity contribution is 7.88. The summed E-state index contributed by atoms with van der Waals surface area (Å²) >= 11 is 0. The Kier molecular flexibility index (Phi) is 8.50. The van der Waals surface area contributed by atoms with E-state index >= 15 is 0 Å². The number of para-hydroxylation sites is 1. The maximum atomic E-state index is 14.0. The van der Waals surface area contributed by atoms with Gasteiger partial charge in [-0.1, -0.05) is 60.7 Å². The van der Waals surface area contributed by atoms with Gasteiger partial charge >= 0.3 is 0 Å². The number of benzene rings is 3. The van der Waals surface area contributed by atoms with Crippen LogP contribution in [0.15, 0.2) is 78.9 Å². The number of rotatable bonds is 10. The molecule has 2 N–H and O–H groups in total. The number of hydrogen-bond acceptors (Lipinski definition) is 4. The van der Waals surface area contributed by atoms with Crippen LogP contribution in [-0.2, 0) is 27.8 Å². The van der Waals surface area contributed by atoms with E-state index in [2.05, 4.69) is 10.6 Å². The molecule has 2 amide bonds. The van der Waals surface area contributed by atoms with Crippen molar-refractivity contribution in [3.05, 3.63) is 101 Å². The molecule has 0 atom stereocenters. The Labute approximate surface area is 198 Å². The summed E-state index contributed by atoms with van der Waals surface area (Å²) in [4.78, 5) is 25.4. The van der Waals surface area contributed by atoms with Crippen LogP contribution in [0.5, 0.6) is 0 Å². The lowest BCUT2D eigenvalue weighted by Crippen LogP contribution is -2.37. The van der Waals surface area contributed by atoms with E-state index < -0.39 is 28.3 Å². The maximum absolute atomic E-state index is 14.0. The van der Waals surface area contributed by atoms with Crippen LogP contribution >= 0.6 is 0 Å². The molecular formula is C25H26FN3O4S. The van der Waals surface area contributed by atoms with E-state index in [0.29, 0.717) is 13.0 Å². The van der Waals surface area contributed by atoms with Crippen molar-refractivity contribution in [1.82, 2.24) is 9.62 Å². The summed E-state index contributed by atoms with van der Waals surface area (Å²) in [6, 6.07) is 21.9. The van der Waals surface area contributed by atoms with Crippen LogP contribution in [0, 0.1) is 5.82 Å². The minimum absolute atomic E-state index is 0.152. The van der Waals surface area contributed by atoms with Gasteiger partial charge in [0.2, 0.25) is 15.9 Å². The predicted octanol–water partition coefficient (Wildman–Crippen LogP) is 3.20. The number of carbonyl (C=O) groups is 2. The van der Waals surface area contributed by atoms with Crippen molar-refractivity contribution >= 4 is 27.5 Å². The molecule has 0 aliphatic rings. The Morgan fingerprint density at radius 3 is 2.26 bits per heavy atom. The van der Waals surface area contributed by atoms with Crippen molar-refractivity contribution < 1.29 is 22.4 Å². The summed E-state index contributed by atoms with van der Waals surface area (Å²) < 4.78 is 39.3. The van der Waals surface area contributed by atoms with E-state index in [1.165, 1.54) is 18.2 Å². The highest BCUT2D eigenvalue weighted by Gasteiger charge is 2.23. The summed E-state index contributed by atoms with van der Waals surface area (Å²) in [6.07, 6.45) is 1.61. The quantitative estimate of drug-likeness (QED) is 0.463. The van der Waals surface area contributed by atoms with E-state index in [9.17, 15) is 22.4 Å². The van der Waals surface area contributed by atoms with Gasteiger partial charge in [-0.25, -0.2) is 12.8 Å². The molecule has 0 saturated heterocycles. The summed E-state index contributed by atoms with van der Waals surface area (Å²) in [6.45, 7) is -0.409. The third-order valence-electron chi connectivity index (χ3n) is 5.08. The Morgan fingerprint density at radius 1 is 0.912 bits per heavy atom. The third-order valence-corrected chi connectivity index (χ3v) is 6.28. The second kappa shape index (κ2) is 11.5. The molecule has 3 rings (SSSR count). The van der Waals surface area contributed by atoms with Crippen LogP contribution in [0.3, 0.4) is 0 Å². The minimum atomic E-state index is -3.81. The van der Waals surface area contributed by atoms with Gasteiger partial charge in [0.05, 0.1) is 24.1 Å². The number of sulfonamides is 1. The van der Waals surface area contributed by atoms with Crippen molar-refractivity contribution in [2.45, 2.75) is 13.0 Å². The first-order valence-corrected chi connectivity index (χ1v) is 12.5. The smallest absolute Gasteiger partial charge is 0.253 e. The number of nitrogens with one attached hydrogen (secondary N) is 2. The Hall–Kier alpha value is -3.56. The summed E-state index contributed by atoms with van der Waals surface area (Å²) in [5.41, 5.74) is 1.74. The van der Waals surface area contributed by atoms with Crippen LogP contribution in [0.4, 0.5) is 10.1 Å². The van der Waals surface area contributed by atoms with Crippen molar-refractivity contribution in [2.75, 3.05) is 24.7 Å². The zero-order valence-corrected chi connectivity index (χ0v) is 19.5. The van der Waals surface area contributed by atoms with Crippen molar-refractivity contribution in [3.8, 4) is 0 Å². The molecule has 0 spiro atoms. The number of nitrogens with zero attached hydrogens (tertiary/aromatic N) is 1. The maximum Gasteiger partial charge on any atom is 0.253 e. The average Bonchev–Trinajstić information content (AvgIpc) is 2.80. The Balaban J connectivity index is 1.65. The lowest BCUT2D eigenvalue weighted by Gasteiger charge is -2.20. The zero-order valence-electron chi connectivity index (χ0n) is 18.7. The second-order valence-corrected chi connectivity index (χ2v) is 9.69. The molecule has 0 aromatic heterocycles. The summed E-state index contributed by atoms with van der Waals surface area (Å²) in [7, 11) is -3.81. The topological polar surface area (TPSA) is 95.6 Å². The fourth-order valence-corrected chi connectivity index (χ4v) is 4.03. The monoisotopic (exact) mass is 483 g/mol. The van der Waals surface area contributed by atoms with Crippen molar-refractivity contribution in [2.24, 2.45) is 0 Å². The lowest BCUT2D eigenvalue weighted by atomic mass is 10.1. The number of hydrogen-bond donors (Lipinski definition) is 2. The molecule has 34 heavy (non-hydrogen) atoms. The van der Waals surface area contributed by atoms with E-state index in [4.69, 9.17) is 0 Å². The van der Waals surface area contributed by atoms with E-state index in [-0.39, 0.29) is 29.3 Å². The van der Waals surface area contributed by atoms with Gasteiger partial charge in [0.15, 0.2) is 0 Å². The first-order valence-electron chi connectivity index (χ1n) is 10.6. The highest BCUT2D eigenvalue weighted by atomic mass is 32.2. The Morgan fingerprint density at radius 2 is 1.56 bits per heavy atom. The van der Waals surface area contributed by atoms with Crippen LogP contribution in [-0.4, -0.2) is 43.9 Å². The number of carbonyl (C=O) groups excluding carboxylic acids is 2. The molecule has 7 nitrogen and oxygen atoms in total.